The Morgan fingerprint density at radius 1 is 0.968 bits per heavy atom. The standard InChI is InChI=1S/C18H33NO4.3Na.H2O4S/c1-4-6-7-8-9-10-11-12-13-14-23-18(22)19-16(17(20)21)15(3)5-2;;;;1-5(2,3)4/h13-16H,4-12H2,1-3H3,(H,19,22)(H,20,21);;;;(H2,1,2,3,4)/q;3*+1;/p-3/t15-,16-;;;;/m0..../s1. The monoisotopic (exact) mass is 491 g/mol. The fourth-order valence-electron chi connectivity index (χ4n) is 2.23. The molecule has 0 radical (unpaired) electrons. The molecule has 1 N–H and O–H groups in total. The summed E-state index contributed by atoms with van der Waals surface area (Å²) in [5, 5.41) is 13.3. The molecule has 0 rings (SSSR count). The van der Waals surface area contributed by atoms with Crippen molar-refractivity contribution in [2.45, 2.75) is 84.6 Å². The van der Waals surface area contributed by atoms with Gasteiger partial charge in [-0.1, -0.05) is 65.7 Å². The Morgan fingerprint density at radius 3 is 1.84 bits per heavy atom. The predicted molar refractivity (Wildman–Crippen MR) is 100 cm³/mol. The Labute approximate surface area is 253 Å². The number of amides is 1. The van der Waals surface area contributed by atoms with E-state index in [2.05, 4.69) is 12.2 Å². The second-order valence-electron chi connectivity index (χ2n) is 6.42. The first-order chi connectivity index (χ1) is 13.0. The predicted octanol–water partition coefficient (Wildman–Crippen LogP) is -6.79. The molecule has 0 spiro atoms. The van der Waals surface area contributed by atoms with Gasteiger partial charge in [-0.15, -0.1) is 0 Å². The molecule has 0 aromatic carbocycles. The smallest absolute Gasteiger partial charge is 0.759 e. The minimum absolute atomic E-state index is 0. The molecule has 0 aromatic rings. The molecule has 0 aromatic heterocycles. The number of alkyl carbamates (subject to hydrolysis) is 1. The molecule has 0 aliphatic carbocycles. The van der Waals surface area contributed by atoms with E-state index in [1.807, 2.05) is 6.92 Å². The van der Waals surface area contributed by atoms with Crippen molar-refractivity contribution in [1.29, 1.82) is 0 Å². The summed E-state index contributed by atoms with van der Waals surface area (Å²) < 4.78 is 38.9. The number of ether oxygens (including phenoxy) is 1. The first-order valence-corrected chi connectivity index (χ1v) is 10.9. The summed E-state index contributed by atoms with van der Waals surface area (Å²) in [7, 11) is -5.17. The van der Waals surface area contributed by atoms with Crippen molar-refractivity contribution in [3.05, 3.63) is 12.3 Å². The number of unbranched alkanes of at least 4 members (excludes halogenated alkanes) is 7. The minimum Gasteiger partial charge on any atom is -0.759 e. The average Bonchev–Trinajstić information content (AvgIpc) is 2.59. The van der Waals surface area contributed by atoms with Gasteiger partial charge in [0.05, 0.1) is 18.3 Å². The molecule has 2 atom stereocenters. The van der Waals surface area contributed by atoms with Crippen LogP contribution >= 0.6 is 0 Å². The van der Waals surface area contributed by atoms with Crippen LogP contribution in [0.5, 0.6) is 0 Å². The Morgan fingerprint density at radius 2 is 1.42 bits per heavy atom. The van der Waals surface area contributed by atoms with Gasteiger partial charge in [0.2, 0.25) is 0 Å². The van der Waals surface area contributed by atoms with Gasteiger partial charge in [-0.25, -0.2) is 4.79 Å². The number of allylic oxidation sites excluding steroid dienone is 1. The topological polar surface area (TPSA) is 159 Å². The third-order valence-corrected chi connectivity index (χ3v) is 3.99. The second kappa shape index (κ2) is 27.6. The molecule has 0 saturated carbocycles. The third kappa shape index (κ3) is 36.1. The molecule has 0 unspecified atom stereocenters. The molecular weight excluding hydrogens is 459 g/mol. The third-order valence-electron chi connectivity index (χ3n) is 3.99. The summed E-state index contributed by atoms with van der Waals surface area (Å²) in [6.45, 7) is 5.81. The van der Waals surface area contributed by atoms with Crippen LogP contribution in [0.25, 0.3) is 0 Å². The Balaban J connectivity index is -0.000000252. The van der Waals surface area contributed by atoms with Gasteiger partial charge in [-0.2, -0.15) is 0 Å². The maximum Gasteiger partial charge on any atom is 1.00 e. The molecule has 1 amide bonds. The van der Waals surface area contributed by atoms with Crippen LogP contribution in [0.4, 0.5) is 4.79 Å². The molecular formula is C18H32NNa3O8S. The number of nitrogens with one attached hydrogen (secondary N) is 1. The molecule has 0 heterocycles. The molecule has 166 valence electrons. The van der Waals surface area contributed by atoms with E-state index in [0.717, 1.165) is 12.8 Å². The maximum atomic E-state index is 11.5. The zero-order valence-electron chi connectivity index (χ0n) is 19.8. The largest absolute Gasteiger partial charge is 1.00 e. The van der Waals surface area contributed by atoms with Crippen molar-refractivity contribution < 1.29 is 126 Å². The number of hydrogen-bond acceptors (Lipinski definition) is 8. The van der Waals surface area contributed by atoms with Gasteiger partial charge in [0, 0.05) is 10.4 Å². The van der Waals surface area contributed by atoms with Gasteiger partial charge in [0.25, 0.3) is 0 Å². The van der Waals surface area contributed by atoms with E-state index in [4.69, 9.17) is 22.3 Å². The summed E-state index contributed by atoms with van der Waals surface area (Å²) in [4.78, 5) is 22.5. The van der Waals surface area contributed by atoms with Gasteiger partial charge in [-0.3, -0.25) is 8.42 Å². The fourth-order valence-corrected chi connectivity index (χ4v) is 2.23. The van der Waals surface area contributed by atoms with E-state index in [-0.39, 0.29) is 94.6 Å². The molecule has 0 saturated heterocycles. The van der Waals surface area contributed by atoms with Crippen molar-refractivity contribution >= 4 is 22.5 Å². The number of rotatable bonds is 13. The molecule has 9 nitrogen and oxygen atoms in total. The number of carbonyl (C=O) groups is 2. The molecule has 31 heavy (non-hydrogen) atoms. The number of carboxylic acids is 1. The van der Waals surface area contributed by atoms with Gasteiger partial charge >= 0.3 is 94.8 Å². The molecule has 0 bridgehead atoms. The van der Waals surface area contributed by atoms with E-state index in [1.54, 1.807) is 13.0 Å². The maximum absolute atomic E-state index is 11.5. The van der Waals surface area contributed by atoms with Crippen LogP contribution in [0, 0.1) is 5.92 Å². The summed E-state index contributed by atoms with van der Waals surface area (Å²) >= 11 is 0. The molecule has 13 heteroatoms. The van der Waals surface area contributed by atoms with Gasteiger partial charge in [0.1, 0.15) is 0 Å². The van der Waals surface area contributed by atoms with Crippen molar-refractivity contribution in [3.8, 4) is 0 Å². The van der Waals surface area contributed by atoms with Crippen molar-refractivity contribution in [2.75, 3.05) is 0 Å². The van der Waals surface area contributed by atoms with Gasteiger partial charge in [0.15, 0.2) is 0 Å². The minimum atomic E-state index is -5.17. The number of aliphatic carboxylic acids is 1. The van der Waals surface area contributed by atoms with Crippen LogP contribution in [0.15, 0.2) is 12.3 Å². The van der Waals surface area contributed by atoms with Crippen LogP contribution < -0.4 is 99.1 Å². The first kappa shape index (κ1) is 42.5. The average molecular weight is 491 g/mol. The summed E-state index contributed by atoms with van der Waals surface area (Å²) in [6.07, 6.45) is 12.5. The number of hydrogen-bond donors (Lipinski definition) is 1. The van der Waals surface area contributed by atoms with Crippen LogP contribution in [0.2, 0.25) is 0 Å². The Bertz CT molecular complexity index is 554. The summed E-state index contributed by atoms with van der Waals surface area (Å²) in [6, 6.07) is -1.02. The Hall–Kier alpha value is 1.35. The number of carboxylic acid groups (broad SMARTS) is 1. The number of carbonyl (C=O) groups excluding carboxylic acids is 2. The van der Waals surface area contributed by atoms with Gasteiger partial charge in [-0.05, 0) is 24.8 Å². The zero-order chi connectivity index (χ0) is 22.0. The van der Waals surface area contributed by atoms with Crippen LogP contribution in [-0.2, 0) is 19.9 Å². The van der Waals surface area contributed by atoms with Gasteiger partial charge < -0.3 is 29.1 Å². The molecule has 0 fully saturated rings. The van der Waals surface area contributed by atoms with E-state index < -0.39 is 28.5 Å². The van der Waals surface area contributed by atoms with Crippen molar-refractivity contribution in [2.24, 2.45) is 5.92 Å². The first-order valence-electron chi connectivity index (χ1n) is 9.52. The Kier molecular flexibility index (Phi) is 37.8. The van der Waals surface area contributed by atoms with E-state index in [9.17, 15) is 14.7 Å². The van der Waals surface area contributed by atoms with Crippen LogP contribution in [0.1, 0.15) is 78.6 Å². The summed E-state index contributed by atoms with van der Waals surface area (Å²) in [5.74, 6) is -1.49. The summed E-state index contributed by atoms with van der Waals surface area (Å²) in [5.41, 5.74) is 0. The normalized spacial score (nSPS) is 12.0. The zero-order valence-corrected chi connectivity index (χ0v) is 26.7. The fraction of sp³-hybridized carbons (Fsp3) is 0.778. The van der Waals surface area contributed by atoms with Crippen molar-refractivity contribution in [3.63, 3.8) is 0 Å². The second-order valence-corrected chi connectivity index (χ2v) is 7.24. The van der Waals surface area contributed by atoms with Crippen LogP contribution in [-0.4, -0.2) is 35.6 Å². The van der Waals surface area contributed by atoms with E-state index >= 15 is 0 Å². The van der Waals surface area contributed by atoms with E-state index in [1.165, 1.54) is 44.8 Å². The van der Waals surface area contributed by atoms with E-state index in [0.29, 0.717) is 6.42 Å². The quantitative estimate of drug-likeness (QED) is 0.0875. The molecule has 0 aliphatic heterocycles. The van der Waals surface area contributed by atoms with Crippen molar-refractivity contribution in [1.82, 2.24) is 5.32 Å². The SMILES string of the molecule is CCCCCCCCCC=COC(=O)N[C@H](C(=O)[O-])[C@@H](C)CC.O=S(=O)([O-])[O-].[Na+].[Na+].[Na+]. The van der Waals surface area contributed by atoms with Crippen LogP contribution in [0.3, 0.4) is 0 Å². The molecule has 0 aliphatic rings.